The zero-order valence-corrected chi connectivity index (χ0v) is 9.37. The Kier molecular flexibility index (Phi) is 2.55. The molecule has 2 aromatic rings. The molecule has 13 heavy (non-hydrogen) atoms. The van der Waals surface area contributed by atoms with E-state index in [0.717, 1.165) is 20.3 Å². The van der Waals surface area contributed by atoms with E-state index in [4.69, 9.17) is 9.15 Å². The monoisotopic (exact) mass is 288 g/mol. The van der Waals surface area contributed by atoms with Crippen molar-refractivity contribution in [3.8, 4) is 0 Å². The van der Waals surface area contributed by atoms with Gasteiger partial charge in [0.15, 0.2) is 0 Å². The van der Waals surface area contributed by atoms with Gasteiger partial charge in [0.1, 0.15) is 18.0 Å². The Hall–Kier alpha value is -0.550. The second kappa shape index (κ2) is 3.67. The van der Waals surface area contributed by atoms with Crippen LogP contribution in [0.4, 0.5) is 0 Å². The second-order valence-corrected chi connectivity index (χ2v) is 3.97. The molecule has 2 nitrogen and oxygen atoms in total. The fourth-order valence-corrected chi connectivity index (χ4v) is 1.92. The van der Waals surface area contributed by atoms with Gasteiger partial charge >= 0.3 is 0 Å². The highest BCUT2D eigenvalue weighted by Gasteiger charge is 2.05. The average molecular weight is 288 g/mol. The van der Waals surface area contributed by atoms with Gasteiger partial charge in [-0.15, -0.1) is 0 Å². The van der Waals surface area contributed by atoms with Crippen LogP contribution < -0.4 is 0 Å². The minimum Gasteiger partial charge on any atom is -0.457 e. The molecule has 0 aliphatic rings. The molecule has 3 heteroatoms. The van der Waals surface area contributed by atoms with E-state index in [2.05, 4.69) is 22.6 Å². The molecule has 0 amide bonds. The van der Waals surface area contributed by atoms with E-state index in [1.54, 1.807) is 7.11 Å². The number of ether oxygens (including phenoxy) is 1. The molecule has 0 unspecified atom stereocenters. The van der Waals surface area contributed by atoms with Crippen LogP contribution in [0.5, 0.6) is 0 Å². The summed E-state index contributed by atoms with van der Waals surface area (Å²) in [5.74, 6) is 0.876. The molecule has 68 valence electrons. The summed E-state index contributed by atoms with van der Waals surface area (Å²) in [7, 11) is 1.66. The van der Waals surface area contributed by atoms with E-state index < -0.39 is 0 Å². The Morgan fingerprint density at radius 2 is 2.31 bits per heavy atom. The molecule has 1 aromatic heterocycles. The Morgan fingerprint density at radius 1 is 1.46 bits per heavy atom. The highest BCUT2D eigenvalue weighted by molar-refractivity contribution is 14.1. The van der Waals surface area contributed by atoms with Crippen molar-refractivity contribution < 1.29 is 9.15 Å². The molecule has 0 saturated heterocycles. The van der Waals surface area contributed by atoms with E-state index in [9.17, 15) is 0 Å². The van der Waals surface area contributed by atoms with Gasteiger partial charge in [0.05, 0.1) is 3.57 Å². The Labute approximate surface area is 90.0 Å². The Morgan fingerprint density at radius 3 is 3.00 bits per heavy atom. The van der Waals surface area contributed by atoms with E-state index in [1.165, 1.54) is 0 Å². The molecule has 0 saturated carbocycles. The van der Waals surface area contributed by atoms with Gasteiger partial charge in [-0.05, 0) is 34.7 Å². The normalized spacial score (nSPS) is 10.9. The van der Waals surface area contributed by atoms with Crippen LogP contribution in [0.25, 0.3) is 11.0 Å². The summed E-state index contributed by atoms with van der Waals surface area (Å²) < 4.78 is 11.7. The number of fused-ring (bicyclic) bond motifs is 1. The van der Waals surface area contributed by atoms with Gasteiger partial charge in [0.25, 0.3) is 0 Å². The number of benzene rings is 1. The SMILES string of the molecule is COCc1cc2cccc(I)c2o1. The molecular weight excluding hydrogens is 279 g/mol. The molecule has 1 heterocycles. The van der Waals surface area contributed by atoms with Crippen molar-refractivity contribution in [2.24, 2.45) is 0 Å². The number of hydrogen-bond donors (Lipinski definition) is 0. The molecule has 0 fully saturated rings. The zero-order chi connectivity index (χ0) is 9.26. The van der Waals surface area contributed by atoms with Gasteiger partial charge in [0, 0.05) is 12.5 Å². The van der Waals surface area contributed by atoms with Crippen LogP contribution in [0.15, 0.2) is 28.7 Å². The van der Waals surface area contributed by atoms with E-state index in [0.29, 0.717) is 6.61 Å². The number of hydrogen-bond acceptors (Lipinski definition) is 2. The summed E-state index contributed by atoms with van der Waals surface area (Å²) in [6.07, 6.45) is 0. The number of furan rings is 1. The lowest BCUT2D eigenvalue weighted by molar-refractivity contribution is 0.166. The first-order valence-electron chi connectivity index (χ1n) is 3.97. The zero-order valence-electron chi connectivity index (χ0n) is 7.21. The predicted octanol–water partition coefficient (Wildman–Crippen LogP) is 3.18. The molecule has 0 N–H and O–H groups in total. The second-order valence-electron chi connectivity index (χ2n) is 2.80. The van der Waals surface area contributed by atoms with Gasteiger partial charge in [-0.1, -0.05) is 12.1 Å². The highest BCUT2D eigenvalue weighted by atomic mass is 127. The summed E-state index contributed by atoms with van der Waals surface area (Å²) in [5, 5.41) is 1.14. The van der Waals surface area contributed by atoms with Crippen molar-refractivity contribution in [1.29, 1.82) is 0 Å². The fraction of sp³-hybridized carbons (Fsp3) is 0.200. The van der Waals surface area contributed by atoms with Gasteiger partial charge in [-0.2, -0.15) is 0 Å². The van der Waals surface area contributed by atoms with Crippen LogP contribution >= 0.6 is 22.6 Å². The molecule has 1 aromatic carbocycles. The maximum Gasteiger partial charge on any atom is 0.147 e. The van der Waals surface area contributed by atoms with Crippen LogP contribution in [0, 0.1) is 3.57 Å². The summed E-state index contributed by atoms with van der Waals surface area (Å²) in [4.78, 5) is 0. The maximum atomic E-state index is 5.61. The average Bonchev–Trinajstić information content (AvgIpc) is 2.49. The van der Waals surface area contributed by atoms with Crippen LogP contribution in [-0.4, -0.2) is 7.11 Å². The molecular formula is C10H9IO2. The lowest BCUT2D eigenvalue weighted by atomic mass is 10.2. The van der Waals surface area contributed by atoms with Gasteiger partial charge in [0.2, 0.25) is 0 Å². The van der Waals surface area contributed by atoms with Crippen LogP contribution in [0.2, 0.25) is 0 Å². The van der Waals surface area contributed by atoms with Crippen LogP contribution in [-0.2, 0) is 11.3 Å². The molecule has 0 aliphatic carbocycles. The molecule has 0 aliphatic heterocycles. The molecule has 0 radical (unpaired) electrons. The third-order valence-electron chi connectivity index (χ3n) is 1.83. The predicted molar refractivity (Wildman–Crippen MR) is 59.6 cm³/mol. The van der Waals surface area contributed by atoms with Gasteiger partial charge in [-0.3, -0.25) is 0 Å². The molecule has 2 rings (SSSR count). The van der Waals surface area contributed by atoms with Gasteiger partial charge < -0.3 is 9.15 Å². The smallest absolute Gasteiger partial charge is 0.147 e. The number of para-hydroxylation sites is 1. The maximum absolute atomic E-state index is 5.61. The van der Waals surface area contributed by atoms with Crippen molar-refractivity contribution in [3.05, 3.63) is 33.6 Å². The fourth-order valence-electron chi connectivity index (χ4n) is 1.29. The number of methoxy groups -OCH3 is 1. The lowest BCUT2D eigenvalue weighted by Gasteiger charge is -1.91. The van der Waals surface area contributed by atoms with Crippen LogP contribution in [0.3, 0.4) is 0 Å². The summed E-state index contributed by atoms with van der Waals surface area (Å²) >= 11 is 2.27. The number of halogens is 1. The third-order valence-corrected chi connectivity index (χ3v) is 2.68. The van der Waals surface area contributed by atoms with Crippen molar-refractivity contribution in [2.45, 2.75) is 6.61 Å². The standard InChI is InChI=1S/C10H9IO2/c1-12-6-8-5-7-3-2-4-9(11)10(7)13-8/h2-5H,6H2,1H3. The van der Waals surface area contributed by atoms with Crippen molar-refractivity contribution in [1.82, 2.24) is 0 Å². The first-order chi connectivity index (χ1) is 6.31. The van der Waals surface area contributed by atoms with E-state index in [1.807, 2.05) is 24.3 Å². The van der Waals surface area contributed by atoms with Crippen LogP contribution in [0.1, 0.15) is 5.76 Å². The quantitative estimate of drug-likeness (QED) is 0.792. The van der Waals surface area contributed by atoms with Crippen molar-refractivity contribution >= 4 is 33.6 Å². The number of rotatable bonds is 2. The summed E-state index contributed by atoms with van der Waals surface area (Å²) in [6, 6.07) is 8.11. The molecule has 0 spiro atoms. The van der Waals surface area contributed by atoms with E-state index >= 15 is 0 Å². The van der Waals surface area contributed by atoms with Crippen molar-refractivity contribution in [3.63, 3.8) is 0 Å². The minimum absolute atomic E-state index is 0.532. The topological polar surface area (TPSA) is 22.4 Å². The largest absolute Gasteiger partial charge is 0.457 e. The summed E-state index contributed by atoms with van der Waals surface area (Å²) in [6.45, 7) is 0.532. The van der Waals surface area contributed by atoms with Crippen molar-refractivity contribution in [2.75, 3.05) is 7.11 Å². The van der Waals surface area contributed by atoms with E-state index in [-0.39, 0.29) is 0 Å². The first kappa shape index (κ1) is 9.02. The Balaban J connectivity index is 2.55. The minimum atomic E-state index is 0.532. The lowest BCUT2D eigenvalue weighted by Crippen LogP contribution is -1.81. The third kappa shape index (κ3) is 1.71. The Bertz CT molecular complexity index is 420. The molecule has 0 atom stereocenters. The molecule has 0 bridgehead atoms. The first-order valence-corrected chi connectivity index (χ1v) is 5.05. The summed E-state index contributed by atoms with van der Waals surface area (Å²) in [5.41, 5.74) is 0.954. The highest BCUT2D eigenvalue weighted by Crippen LogP contribution is 2.24. The van der Waals surface area contributed by atoms with Gasteiger partial charge in [-0.25, -0.2) is 0 Å².